The SMILES string of the molecule is CCC(CC)(CNC(C(=O)O)C1CC1)SC. The summed E-state index contributed by atoms with van der Waals surface area (Å²) in [4.78, 5) is 11.1. The second-order valence-electron chi connectivity index (χ2n) is 4.63. The molecule has 0 amide bonds. The van der Waals surface area contributed by atoms with E-state index in [1.54, 1.807) is 0 Å². The Kier molecular flexibility index (Phi) is 5.12. The summed E-state index contributed by atoms with van der Waals surface area (Å²) in [6.07, 6.45) is 6.40. The smallest absolute Gasteiger partial charge is 0.320 e. The van der Waals surface area contributed by atoms with Gasteiger partial charge in [0.2, 0.25) is 0 Å². The molecule has 1 saturated carbocycles. The highest BCUT2D eigenvalue weighted by atomic mass is 32.2. The van der Waals surface area contributed by atoms with Gasteiger partial charge in [0, 0.05) is 11.3 Å². The van der Waals surface area contributed by atoms with Crippen LogP contribution in [0.15, 0.2) is 0 Å². The van der Waals surface area contributed by atoms with Gasteiger partial charge in [0.15, 0.2) is 0 Å². The number of hydrogen-bond donors (Lipinski definition) is 2. The minimum Gasteiger partial charge on any atom is -0.480 e. The van der Waals surface area contributed by atoms with E-state index in [4.69, 9.17) is 5.11 Å². The first-order valence-corrected chi connectivity index (χ1v) is 7.32. The lowest BCUT2D eigenvalue weighted by atomic mass is 10.0. The van der Waals surface area contributed by atoms with Gasteiger partial charge in [-0.1, -0.05) is 13.8 Å². The normalized spacial score (nSPS) is 18.4. The molecule has 0 radical (unpaired) electrons. The first kappa shape index (κ1) is 13.8. The predicted molar refractivity (Wildman–Crippen MR) is 69.0 cm³/mol. The van der Waals surface area contributed by atoms with Gasteiger partial charge < -0.3 is 10.4 Å². The number of nitrogens with one attached hydrogen (secondary N) is 1. The van der Waals surface area contributed by atoms with E-state index in [1.807, 2.05) is 11.8 Å². The van der Waals surface area contributed by atoms with Crippen LogP contribution < -0.4 is 5.32 Å². The van der Waals surface area contributed by atoms with Gasteiger partial charge in [-0.25, -0.2) is 0 Å². The molecule has 2 N–H and O–H groups in total. The molecular formula is C12H23NO2S. The topological polar surface area (TPSA) is 49.3 Å². The third-order valence-corrected chi connectivity index (χ3v) is 5.31. The molecule has 16 heavy (non-hydrogen) atoms. The summed E-state index contributed by atoms with van der Waals surface area (Å²) in [6, 6.07) is -0.329. The van der Waals surface area contributed by atoms with E-state index in [-0.39, 0.29) is 10.8 Å². The molecule has 0 aliphatic heterocycles. The predicted octanol–water partition coefficient (Wildman–Crippen LogP) is 2.36. The summed E-state index contributed by atoms with van der Waals surface area (Å²) >= 11 is 1.85. The number of rotatable bonds is 8. The summed E-state index contributed by atoms with van der Waals surface area (Å²) in [5.41, 5.74) is 0. The lowest BCUT2D eigenvalue weighted by molar-refractivity contribution is -0.140. The summed E-state index contributed by atoms with van der Waals surface area (Å²) in [5.74, 6) is -0.324. The van der Waals surface area contributed by atoms with Gasteiger partial charge in [0.25, 0.3) is 0 Å². The van der Waals surface area contributed by atoms with Crippen LogP contribution in [0.4, 0.5) is 0 Å². The van der Waals surface area contributed by atoms with Crippen molar-refractivity contribution in [2.24, 2.45) is 5.92 Å². The second kappa shape index (κ2) is 5.92. The highest BCUT2D eigenvalue weighted by molar-refractivity contribution is 8.00. The molecule has 0 bridgehead atoms. The molecule has 0 spiro atoms. The maximum Gasteiger partial charge on any atom is 0.320 e. The van der Waals surface area contributed by atoms with Crippen LogP contribution >= 0.6 is 11.8 Å². The Balaban J connectivity index is 2.49. The Morgan fingerprint density at radius 3 is 2.38 bits per heavy atom. The van der Waals surface area contributed by atoms with E-state index >= 15 is 0 Å². The van der Waals surface area contributed by atoms with Gasteiger partial charge in [-0.15, -0.1) is 0 Å². The van der Waals surface area contributed by atoms with E-state index < -0.39 is 5.97 Å². The number of thioether (sulfide) groups is 1. The highest BCUT2D eigenvalue weighted by Gasteiger charge is 2.37. The molecule has 1 rings (SSSR count). The van der Waals surface area contributed by atoms with Crippen molar-refractivity contribution in [1.82, 2.24) is 5.32 Å². The van der Waals surface area contributed by atoms with Crippen molar-refractivity contribution in [1.29, 1.82) is 0 Å². The summed E-state index contributed by atoms with van der Waals surface area (Å²) in [6.45, 7) is 5.15. The molecule has 0 heterocycles. The molecule has 1 aliphatic carbocycles. The van der Waals surface area contributed by atoms with E-state index in [2.05, 4.69) is 25.4 Å². The summed E-state index contributed by atoms with van der Waals surface area (Å²) < 4.78 is 0.197. The van der Waals surface area contributed by atoms with E-state index in [0.29, 0.717) is 5.92 Å². The molecule has 3 nitrogen and oxygen atoms in total. The van der Waals surface area contributed by atoms with Crippen LogP contribution in [0.1, 0.15) is 39.5 Å². The molecule has 0 aromatic carbocycles. The van der Waals surface area contributed by atoms with Gasteiger partial charge >= 0.3 is 5.97 Å². The van der Waals surface area contributed by atoms with Gasteiger partial charge in [0.1, 0.15) is 6.04 Å². The number of hydrogen-bond acceptors (Lipinski definition) is 3. The Morgan fingerprint density at radius 2 is 2.06 bits per heavy atom. The standard InChI is InChI=1S/C12H23NO2S/c1-4-12(5-2,16-3)8-13-10(11(14)15)9-6-7-9/h9-10,13H,4-8H2,1-3H3,(H,14,15). The second-order valence-corrected chi connectivity index (χ2v) is 5.90. The van der Waals surface area contributed by atoms with E-state index in [1.165, 1.54) is 0 Å². The van der Waals surface area contributed by atoms with Crippen molar-refractivity contribution in [3.8, 4) is 0 Å². The Bertz CT molecular complexity index is 229. The number of aliphatic carboxylic acids is 1. The quantitative estimate of drug-likeness (QED) is 0.689. The van der Waals surface area contributed by atoms with Crippen LogP contribution in [-0.4, -0.2) is 34.7 Å². The molecule has 0 aromatic rings. The zero-order valence-electron chi connectivity index (χ0n) is 10.5. The molecular weight excluding hydrogens is 222 g/mol. The largest absolute Gasteiger partial charge is 0.480 e. The van der Waals surface area contributed by atoms with Gasteiger partial charge in [-0.3, -0.25) is 4.79 Å². The van der Waals surface area contributed by atoms with Crippen LogP contribution in [0.25, 0.3) is 0 Å². The fourth-order valence-electron chi connectivity index (χ4n) is 2.04. The lowest BCUT2D eigenvalue weighted by Gasteiger charge is -2.31. The van der Waals surface area contributed by atoms with Crippen LogP contribution in [0.2, 0.25) is 0 Å². The monoisotopic (exact) mass is 245 g/mol. The highest BCUT2D eigenvalue weighted by Crippen LogP contribution is 2.34. The third kappa shape index (κ3) is 3.39. The Morgan fingerprint density at radius 1 is 1.50 bits per heavy atom. The van der Waals surface area contributed by atoms with Crippen LogP contribution in [0.5, 0.6) is 0 Å². The summed E-state index contributed by atoms with van der Waals surface area (Å²) in [7, 11) is 0. The van der Waals surface area contributed by atoms with E-state index in [9.17, 15) is 4.79 Å². The molecule has 0 saturated heterocycles. The average Bonchev–Trinajstić information content (AvgIpc) is 3.09. The van der Waals surface area contributed by atoms with Crippen molar-refractivity contribution < 1.29 is 9.90 Å². The molecule has 1 aliphatic rings. The Labute approximate surface area is 102 Å². The number of carboxylic acid groups (broad SMARTS) is 1. The van der Waals surface area contributed by atoms with Crippen LogP contribution in [0, 0.1) is 5.92 Å². The zero-order chi connectivity index (χ0) is 12.2. The maximum atomic E-state index is 11.1. The average molecular weight is 245 g/mol. The summed E-state index contributed by atoms with van der Waals surface area (Å²) in [5, 5.41) is 12.4. The molecule has 94 valence electrons. The number of carboxylic acids is 1. The third-order valence-electron chi connectivity index (χ3n) is 3.73. The fraction of sp³-hybridized carbons (Fsp3) is 0.917. The van der Waals surface area contributed by atoms with Crippen molar-refractivity contribution in [3.05, 3.63) is 0 Å². The van der Waals surface area contributed by atoms with Gasteiger partial charge in [-0.05, 0) is 37.9 Å². The number of carbonyl (C=O) groups is 1. The van der Waals surface area contributed by atoms with E-state index in [0.717, 1.165) is 32.2 Å². The first-order chi connectivity index (χ1) is 7.58. The molecule has 4 heteroatoms. The van der Waals surface area contributed by atoms with Crippen molar-refractivity contribution in [3.63, 3.8) is 0 Å². The Hall–Kier alpha value is -0.220. The minimum absolute atomic E-state index is 0.197. The van der Waals surface area contributed by atoms with Crippen molar-refractivity contribution in [2.45, 2.75) is 50.3 Å². The zero-order valence-corrected chi connectivity index (χ0v) is 11.3. The van der Waals surface area contributed by atoms with Crippen LogP contribution in [-0.2, 0) is 4.79 Å². The molecule has 1 unspecified atom stereocenters. The van der Waals surface area contributed by atoms with Crippen molar-refractivity contribution >= 4 is 17.7 Å². The van der Waals surface area contributed by atoms with Crippen molar-refractivity contribution in [2.75, 3.05) is 12.8 Å². The molecule has 1 atom stereocenters. The molecule has 1 fully saturated rings. The molecule has 0 aromatic heterocycles. The van der Waals surface area contributed by atoms with Crippen LogP contribution in [0.3, 0.4) is 0 Å². The maximum absolute atomic E-state index is 11.1. The first-order valence-electron chi connectivity index (χ1n) is 6.10. The van der Waals surface area contributed by atoms with Gasteiger partial charge in [0.05, 0.1) is 0 Å². The fourth-order valence-corrected chi connectivity index (χ4v) is 2.85. The lowest BCUT2D eigenvalue weighted by Crippen LogP contribution is -2.46. The van der Waals surface area contributed by atoms with Gasteiger partial charge in [-0.2, -0.15) is 11.8 Å². The minimum atomic E-state index is -0.690.